The molecule has 28 heavy (non-hydrogen) atoms. The number of likely N-dealkylation sites (N-methyl/N-ethyl adjacent to an activating group) is 1. The molecule has 0 aliphatic heterocycles. The van der Waals surface area contributed by atoms with Crippen LogP contribution in [0.15, 0.2) is 0 Å². The van der Waals surface area contributed by atoms with Crippen LogP contribution in [0.3, 0.4) is 0 Å². The Balaban J connectivity index is 4.01. The minimum atomic E-state index is -4.50. The van der Waals surface area contributed by atoms with Gasteiger partial charge in [-0.15, -0.1) is 0 Å². The third-order valence-corrected chi connectivity index (χ3v) is 6.44. The van der Waals surface area contributed by atoms with Gasteiger partial charge in [0.25, 0.3) is 0 Å². The van der Waals surface area contributed by atoms with Crippen molar-refractivity contribution < 1.29 is 32.9 Å². The molecule has 0 saturated heterocycles. The average Bonchev–Trinajstić information content (AvgIpc) is 2.57. The van der Waals surface area contributed by atoms with Gasteiger partial charge in [0.1, 0.15) is 12.6 Å². The minimum absolute atomic E-state index is 0.0883. The molecule has 0 aromatic carbocycles. The van der Waals surface area contributed by atoms with Crippen LogP contribution in [0, 0.1) is 5.92 Å². The summed E-state index contributed by atoms with van der Waals surface area (Å²) < 4.78 is 21.4. The number of carbonyl (C=O) groups is 1. The Labute approximate surface area is 175 Å². The van der Waals surface area contributed by atoms with Crippen LogP contribution in [0.2, 0.25) is 0 Å². The summed E-state index contributed by atoms with van der Waals surface area (Å²) in [5.74, 6) is 1.46. The first-order valence-corrected chi connectivity index (χ1v) is 12.9. The van der Waals surface area contributed by atoms with Gasteiger partial charge >= 0.3 is 13.8 Å². The maximum absolute atomic E-state index is 12.1. The summed E-state index contributed by atoms with van der Waals surface area (Å²) in [6.07, 6.45) is 8.13. The summed E-state index contributed by atoms with van der Waals surface area (Å²) in [5.41, 5.74) is 0. The van der Waals surface area contributed by atoms with Crippen molar-refractivity contribution in [1.82, 2.24) is 0 Å². The Morgan fingerprint density at radius 2 is 1.71 bits per heavy atom. The molecular formula is C19H41NO6PS+. The van der Waals surface area contributed by atoms with E-state index in [2.05, 4.69) is 11.4 Å². The normalized spacial score (nSPS) is 14.7. The highest BCUT2D eigenvalue weighted by molar-refractivity contribution is 7.99. The molecule has 0 rings (SSSR count). The largest absolute Gasteiger partial charge is 0.469 e. The van der Waals surface area contributed by atoms with Gasteiger partial charge in [-0.2, -0.15) is 11.8 Å². The third-order valence-electron chi connectivity index (χ3n) is 4.64. The molecule has 0 amide bonds. The number of ether oxygens (including phenoxy) is 1. The van der Waals surface area contributed by atoms with Crippen LogP contribution in [0.5, 0.6) is 0 Å². The molecule has 168 valence electrons. The van der Waals surface area contributed by atoms with Crippen molar-refractivity contribution in [1.29, 1.82) is 0 Å². The van der Waals surface area contributed by atoms with Gasteiger partial charge in [-0.1, -0.05) is 46.0 Å². The summed E-state index contributed by atoms with van der Waals surface area (Å²) in [6.45, 7) is 4.23. The maximum Gasteiger partial charge on any atom is 0.469 e. The minimum Gasteiger partial charge on any atom is -0.465 e. The number of phosphoric ester groups is 1. The number of thioether (sulfide) groups is 1. The number of hydrogen-bond donors (Lipinski definition) is 2. The fourth-order valence-electron chi connectivity index (χ4n) is 2.63. The number of rotatable bonds is 17. The van der Waals surface area contributed by atoms with Crippen LogP contribution < -0.4 is 0 Å². The standard InChI is InChI=1S/C19H40NO6PS/c1-6-7-8-9-10-11-14-28-16-17(2)19(21)25-13-12-18(20(3,4)5)15-26-27(22,23)24/h17-18H,6-16H2,1-5H3,(H-,22,23,24)/p+1. The number of nitrogens with zero attached hydrogens (tertiary/aromatic N) is 1. The number of hydrogen-bond acceptors (Lipinski definition) is 5. The van der Waals surface area contributed by atoms with Crippen LogP contribution >= 0.6 is 19.6 Å². The topological polar surface area (TPSA) is 93.1 Å². The number of unbranched alkanes of at least 4 members (excludes halogenated alkanes) is 5. The molecule has 0 fully saturated rings. The molecule has 2 N–H and O–H groups in total. The Hall–Kier alpha value is -0.110. The molecule has 0 aliphatic rings. The number of quaternary nitrogens is 1. The van der Waals surface area contributed by atoms with Crippen molar-refractivity contribution >= 4 is 25.6 Å². The van der Waals surface area contributed by atoms with Crippen molar-refractivity contribution in [2.24, 2.45) is 5.92 Å². The summed E-state index contributed by atoms with van der Waals surface area (Å²) >= 11 is 1.80. The highest BCUT2D eigenvalue weighted by atomic mass is 32.2. The third kappa shape index (κ3) is 15.8. The second-order valence-corrected chi connectivity index (χ2v) is 10.6. The lowest BCUT2D eigenvalue weighted by Gasteiger charge is -2.33. The second-order valence-electron chi connectivity index (χ2n) is 8.26. The molecule has 9 heteroatoms. The van der Waals surface area contributed by atoms with Crippen molar-refractivity contribution in [2.45, 2.75) is 64.8 Å². The zero-order valence-electron chi connectivity index (χ0n) is 18.3. The SMILES string of the molecule is CCCCCCCCSCC(C)C(=O)OCCC(COP(=O)(O)O)[N+](C)(C)C. The first kappa shape index (κ1) is 27.9. The van der Waals surface area contributed by atoms with E-state index in [0.29, 0.717) is 10.9 Å². The van der Waals surface area contributed by atoms with E-state index in [9.17, 15) is 9.36 Å². The van der Waals surface area contributed by atoms with Crippen LogP contribution in [-0.2, 0) is 18.6 Å². The molecule has 0 aromatic rings. The molecule has 0 aromatic heterocycles. The van der Waals surface area contributed by atoms with Gasteiger partial charge in [0.2, 0.25) is 0 Å². The zero-order valence-corrected chi connectivity index (χ0v) is 20.0. The lowest BCUT2D eigenvalue weighted by Crippen LogP contribution is -2.48. The van der Waals surface area contributed by atoms with Crippen LogP contribution in [0.4, 0.5) is 0 Å². The van der Waals surface area contributed by atoms with Gasteiger partial charge in [0.05, 0.1) is 33.7 Å². The zero-order chi connectivity index (χ0) is 21.6. The van der Waals surface area contributed by atoms with Crippen LogP contribution in [0.1, 0.15) is 58.8 Å². The van der Waals surface area contributed by atoms with Gasteiger partial charge in [0.15, 0.2) is 0 Å². The molecule has 2 unspecified atom stereocenters. The Morgan fingerprint density at radius 3 is 2.29 bits per heavy atom. The molecule has 7 nitrogen and oxygen atoms in total. The van der Waals surface area contributed by atoms with Crippen molar-refractivity contribution in [3.8, 4) is 0 Å². The van der Waals surface area contributed by atoms with E-state index in [1.165, 1.54) is 38.5 Å². The summed E-state index contributed by atoms with van der Waals surface area (Å²) in [7, 11) is 1.24. The lowest BCUT2D eigenvalue weighted by atomic mass is 10.1. The Morgan fingerprint density at radius 1 is 1.11 bits per heavy atom. The van der Waals surface area contributed by atoms with E-state index in [4.69, 9.17) is 14.5 Å². The van der Waals surface area contributed by atoms with E-state index in [0.717, 1.165) is 11.5 Å². The fraction of sp³-hybridized carbons (Fsp3) is 0.947. The molecule has 0 saturated carbocycles. The number of phosphoric acid groups is 1. The second kappa shape index (κ2) is 14.8. The highest BCUT2D eigenvalue weighted by Gasteiger charge is 2.28. The quantitative estimate of drug-likeness (QED) is 0.153. The van der Waals surface area contributed by atoms with E-state index in [-0.39, 0.29) is 31.1 Å². The maximum atomic E-state index is 12.1. The van der Waals surface area contributed by atoms with Gasteiger partial charge in [-0.3, -0.25) is 9.32 Å². The molecule has 0 radical (unpaired) electrons. The summed E-state index contributed by atoms with van der Waals surface area (Å²) in [4.78, 5) is 29.9. The fourth-order valence-corrected chi connectivity index (χ4v) is 4.06. The molecule has 0 bridgehead atoms. The molecule has 0 heterocycles. The molecule has 0 aliphatic carbocycles. The Bertz CT molecular complexity index is 466. The molecular weight excluding hydrogens is 401 g/mol. The van der Waals surface area contributed by atoms with E-state index in [1.807, 2.05) is 28.1 Å². The first-order valence-electron chi connectivity index (χ1n) is 10.2. The Kier molecular flexibility index (Phi) is 14.7. The van der Waals surface area contributed by atoms with E-state index in [1.54, 1.807) is 11.8 Å². The molecule has 2 atom stereocenters. The summed E-state index contributed by atoms with van der Waals surface area (Å²) in [5, 5.41) is 0. The first-order chi connectivity index (χ1) is 13.0. The van der Waals surface area contributed by atoms with Gasteiger partial charge in [-0.05, 0) is 12.2 Å². The number of esters is 1. The highest BCUT2D eigenvalue weighted by Crippen LogP contribution is 2.36. The van der Waals surface area contributed by atoms with Crippen LogP contribution in [0.25, 0.3) is 0 Å². The summed E-state index contributed by atoms with van der Waals surface area (Å²) in [6, 6.07) is -0.183. The number of carbonyl (C=O) groups excluding carboxylic acids is 1. The van der Waals surface area contributed by atoms with Crippen molar-refractivity contribution in [3.05, 3.63) is 0 Å². The van der Waals surface area contributed by atoms with Crippen LogP contribution in [-0.4, -0.2) is 72.1 Å². The monoisotopic (exact) mass is 442 g/mol. The van der Waals surface area contributed by atoms with Crippen molar-refractivity contribution in [3.63, 3.8) is 0 Å². The van der Waals surface area contributed by atoms with Gasteiger partial charge < -0.3 is 19.0 Å². The van der Waals surface area contributed by atoms with Gasteiger partial charge in [-0.25, -0.2) is 4.57 Å². The average molecular weight is 443 g/mol. The smallest absolute Gasteiger partial charge is 0.465 e. The lowest BCUT2D eigenvalue weighted by molar-refractivity contribution is -0.896. The predicted molar refractivity (Wildman–Crippen MR) is 115 cm³/mol. The molecule has 0 spiro atoms. The van der Waals surface area contributed by atoms with Gasteiger partial charge in [0, 0.05) is 12.2 Å². The van der Waals surface area contributed by atoms with E-state index < -0.39 is 7.82 Å². The predicted octanol–water partition coefficient (Wildman–Crippen LogP) is 3.83. The van der Waals surface area contributed by atoms with E-state index >= 15 is 0 Å². The van der Waals surface area contributed by atoms with Crippen molar-refractivity contribution in [2.75, 3.05) is 45.9 Å².